The highest BCUT2D eigenvalue weighted by Crippen LogP contribution is 2.28. The van der Waals surface area contributed by atoms with Crippen molar-refractivity contribution in [1.82, 2.24) is 0 Å². The van der Waals surface area contributed by atoms with E-state index in [2.05, 4.69) is 12.2 Å². The number of carbonyl (C=O) groups is 1. The van der Waals surface area contributed by atoms with E-state index in [1.54, 1.807) is 0 Å². The van der Waals surface area contributed by atoms with E-state index in [9.17, 15) is 4.79 Å². The summed E-state index contributed by atoms with van der Waals surface area (Å²) >= 11 is 0. The van der Waals surface area contributed by atoms with Gasteiger partial charge in [0.05, 0.1) is 6.61 Å². The van der Waals surface area contributed by atoms with E-state index >= 15 is 0 Å². The van der Waals surface area contributed by atoms with Crippen LogP contribution < -0.4 is 10.1 Å². The predicted octanol–water partition coefficient (Wildman–Crippen LogP) is 4.63. The van der Waals surface area contributed by atoms with E-state index in [0.717, 1.165) is 41.8 Å². The Bertz CT molecular complexity index is 504. The largest absolute Gasteiger partial charge is 0.493 e. The zero-order valence-electron chi connectivity index (χ0n) is 15.4. The van der Waals surface area contributed by atoms with Gasteiger partial charge >= 0.3 is 0 Å². The van der Waals surface area contributed by atoms with E-state index in [1.807, 2.05) is 46.8 Å². The van der Waals surface area contributed by atoms with Gasteiger partial charge in [-0.2, -0.15) is 0 Å². The molecule has 0 unspecified atom stereocenters. The van der Waals surface area contributed by atoms with Gasteiger partial charge in [0.25, 0.3) is 5.91 Å². The molecule has 0 bridgehead atoms. The highest BCUT2D eigenvalue weighted by molar-refractivity contribution is 5.97. The molecule has 4 heteroatoms. The fourth-order valence-corrected chi connectivity index (χ4v) is 2.74. The van der Waals surface area contributed by atoms with Crippen molar-refractivity contribution in [1.29, 1.82) is 0 Å². The third-order valence-electron chi connectivity index (χ3n) is 3.96. The fraction of sp³-hybridized carbons (Fsp3) is 0.632. The average Bonchev–Trinajstić information content (AvgIpc) is 2.49. The molecule has 0 radical (unpaired) electrons. The van der Waals surface area contributed by atoms with Gasteiger partial charge in [0.15, 0.2) is 0 Å². The summed E-state index contributed by atoms with van der Waals surface area (Å²) in [5, 5.41) is 3.01. The minimum absolute atomic E-state index is 0.0873. The lowest BCUT2D eigenvalue weighted by Crippen LogP contribution is -2.42. The molecule has 0 aliphatic carbocycles. The molecular weight excluding hydrogens is 290 g/mol. The lowest BCUT2D eigenvalue weighted by molar-refractivity contribution is -0.139. The van der Waals surface area contributed by atoms with Crippen LogP contribution in [-0.4, -0.2) is 24.7 Å². The number of anilines is 1. The van der Waals surface area contributed by atoms with E-state index < -0.39 is 5.60 Å². The van der Waals surface area contributed by atoms with E-state index in [1.165, 1.54) is 0 Å². The summed E-state index contributed by atoms with van der Waals surface area (Å²) in [7, 11) is 0. The van der Waals surface area contributed by atoms with Gasteiger partial charge in [-0.1, -0.05) is 19.8 Å². The Morgan fingerprint density at radius 1 is 1.13 bits per heavy atom. The van der Waals surface area contributed by atoms with Gasteiger partial charge in [-0.3, -0.25) is 4.79 Å². The number of hydrogen-bond acceptors (Lipinski definition) is 3. The van der Waals surface area contributed by atoms with Crippen LogP contribution in [0, 0.1) is 13.8 Å². The van der Waals surface area contributed by atoms with Crippen molar-refractivity contribution >= 4 is 11.6 Å². The van der Waals surface area contributed by atoms with Crippen molar-refractivity contribution in [2.75, 3.05) is 18.5 Å². The number of rotatable bonds is 9. The molecule has 1 atom stereocenters. The molecule has 0 saturated heterocycles. The van der Waals surface area contributed by atoms with Gasteiger partial charge in [-0.25, -0.2) is 0 Å². The Hall–Kier alpha value is -1.55. The average molecular weight is 321 g/mol. The number of amides is 1. The third kappa shape index (κ3) is 5.24. The maximum absolute atomic E-state index is 12.7. The first-order valence-electron chi connectivity index (χ1n) is 8.57. The van der Waals surface area contributed by atoms with Crippen molar-refractivity contribution in [3.63, 3.8) is 0 Å². The number of hydrogen-bond donors (Lipinski definition) is 1. The fourth-order valence-electron chi connectivity index (χ4n) is 2.74. The highest BCUT2D eigenvalue weighted by Gasteiger charge is 2.33. The second-order valence-electron chi connectivity index (χ2n) is 6.09. The number of carbonyl (C=O) groups excluding carboxylic acids is 1. The Kier molecular flexibility index (Phi) is 7.56. The van der Waals surface area contributed by atoms with Crippen LogP contribution in [-0.2, 0) is 9.53 Å². The highest BCUT2D eigenvalue weighted by atomic mass is 16.5. The molecule has 0 fully saturated rings. The Morgan fingerprint density at radius 2 is 1.74 bits per heavy atom. The summed E-state index contributed by atoms with van der Waals surface area (Å²) in [5.41, 5.74) is 2.05. The van der Waals surface area contributed by atoms with Gasteiger partial charge < -0.3 is 14.8 Å². The predicted molar refractivity (Wildman–Crippen MR) is 95.3 cm³/mol. The van der Waals surface area contributed by atoms with Crippen molar-refractivity contribution in [2.24, 2.45) is 0 Å². The summed E-state index contributed by atoms with van der Waals surface area (Å²) in [6.07, 6.45) is 2.72. The van der Waals surface area contributed by atoms with Crippen molar-refractivity contribution in [3.05, 3.63) is 23.3 Å². The minimum atomic E-state index is -0.787. The van der Waals surface area contributed by atoms with Crippen LogP contribution in [0.15, 0.2) is 12.1 Å². The van der Waals surface area contributed by atoms with Crippen LogP contribution in [0.25, 0.3) is 0 Å². The molecular formula is C19H31NO3. The monoisotopic (exact) mass is 321 g/mol. The molecule has 1 aromatic carbocycles. The quantitative estimate of drug-likeness (QED) is 0.721. The first kappa shape index (κ1) is 19.5. The summed E-state index contributed by atoms with van der Waals surface area (Å²) in [6.45, 7) is 13.0. The zero-order valence-corrected chi connectivity index (χ0v) is 15.4. The molecule has 0 aliphatic rings. The second kappa shape index (κ2) is 8.92. The number of nitrogens with one attached hydrogen (secondary N) is 1. The number of aryl methyl sites for hydroxylation is 2. The van der Waals surface area contributed by atoms with Gasteiger partial charge in [0, 0.05) is 12.3 Å². The van der Waals surface area contributed by atoms with Gasteiger partial charge in [-0.15, -0.1) is 0 Å². The molecule has 0 spiro atoms. The molecule has 1 aromatic rings. The lowest BCUT2D eigenvalue weighted by atomic mass is 9.97. The van der Waals surface area contributed by atoms with Crippen LogP contribution in [0.3, 0.4) is 0 Å². The number of benzene rings is 1. The molecule has 1 rings (SSSR count). The summed E-state index contributed by atoms with van der Waals surface area (Å²) in [4.78, 5) is 12.7. The first-order valence-corrected chi connectivity index (χ1v) is 8.57. The second-order valence-corrected chi connectivity index (χ2v) is 6.09. The lowest BCUT2D eigenvalue weighted by Gasteiger charge is -2.28. The van der Waals surface area contributed by atoms with Gasteiger partial charge in [0.1, 0.15) is 11.4 Å². The van der Waals surface area contributed by atoms with E-state index in [-0.39, 0.29) is 5.91 Å². The molecule has 23 heavy (non-hydrogen) atoms. The molecule has 130 valence electrons. The molecule has 0 aromatic heterocycles. The molecule has 0 aliphatic heterocycles. The smallest absolute Gasteiger partial charge is 0.256 e. The van der Waals surface area contributed by atoms with Gasteiger partial charge in [0.2, 0.25) is 0 Å². The third-order valence-corrected chi connectivity index (χ3v) is 3.96. The van der Waals surface area contributed by atoms with Crippen molar-refractivity contribution in [3.8, 4) is 5.75 Å². The van der Waals surface area contributed by atoms with Crippen LogP contribution in [0.1, 0.15) is 58.1 Å². The Labute approximate surface area is 140 Å². The number of ether oxygens (including phenoxy) is 2. The SMILES string of the molecule is CCCC[C@](C)(OCC)C(=O)Nc1cc(C)c(OCC)c(C)c1. The summed E-state index contributed by atoms with van der Waals surface area (Å²) < 4.78 is 11.4. The first-order chi connectivity index (χ1) is 10.9. The van der Waals surface area contributed by atoms with Crippen LogP contribution in [0.4, 0.5) is 5.69 Å². The minimum Gasteiger partial charge on any atom is -0.493 e. The molecule has 0 saturated carbocycles. The molecule has 1 N–H and O–H groups in total. The zero-order chi connectivity index (χ0) is 17.5. The van der Waals surface area contributed by atoms with Crippen LogP contribution in [0.2, 0.25) is 0 Å². The standard InChI is InChI=1S/C19H31NO3/c1-7-10-11-19(6,23-9-3)18(21)20-16-12-14(4)17(22-8-2)15(5)13-16/h12-13H,7-11H2,1-6H3,(H,20,21)/t19-/m0/s1. The van der Waals surface area contributed by atoms with Crippen LogP contribution >= 0.6 is 0 Å². The van der Waals surface area contributed by atoms with Crippen molar-refractivity contribution in [2.45, 2.75) is 66.4 Å². The van der Waals surface area contributed by atoms with Gasteiger partial charge in [-0.05, 0) is 64.3 Å². The maximum atomic E-state index is 12.7. The van der Waals surface area contributed by atoms with E-state index in [4.69, 9.17) is 9.47 Å². The van der Waals surface area contributed by atoms with Crippen molar-refractivity contribution < 1.29 is 14.3 Å². The van der Waals surface area contributed by atoms with Crippen LogP contribution in [0.5, 0.6) is 5.75 Å². The Morgan fingerprint density at radius 3 is 2.22 bits per heavy atom. The summed E-state index contributed by atoms with van der Waals surface area (Å²) in [5.74, 6) is 0.805. The number of unbranched alkanes of at least 4 members (excludes halogenated alkanes) is 1. The van der Waals surface area contributed by atoms with E-state index in [0.29, 0.717) is 13.2 Å². The molecule has 1 amide bonds. The maximum Gasteiger partial charge on any atom is 0.256 e. The molecule has 4 nitrogen and oxygen atoms in total. The Balaban J connectivity index is 2.94. The molecule has 0 heterocycles. The summed E-state index contributed by atoms with van der Waals surface area (Å²) in [6, 6.07) is 3.89. The normalized spacial score (nSPS) is 13.5. The topological polar surface area (TPSA) is 47.6 Å².